The molecule has 102 valence electrons. The average Bonchev–Trinajstić information content (AvgIpc) is 2.49. The molecule has 2 aromatic carbocycles. The summed E-state index contributed by atoms with van der Waals surface area (Å²) in [5.41, 5.74) is 0. The van der Waals surface area contributed by atoms with Gasteiger partial charge in [0.1, 0.15) is 8.07 Å². The first-order valence-corrected chi connectivity index (χ1v) is 9.82. The van der Waals surface area contributed by atoms with E-state index in [-0.39, 0.29) is 0 Å². The summed E-state index contributed by atoms with van der Waals surface area (Å²) in [7, 11) is -1.85. The first-order chi connectivity index (χ1) is 9.73. The second kappa shape index (κ2) is 5.59. The van der Waals surface area contributed by atoms with Crippen LogP contribution in [0.4, 0.5) is 0 Å². The minimum atomic E-state index is -1.85. The number of hydrogen-bond acceptors (Lipinski definition) is 0. The quantitative estimate of drug-likeness (QED) is 0.730. The van der Waals surface area contributed by atoms with Gasteiger partial charge in [-0.1, -0.05) is 72.1 Å². The molecule has 1 atom stereocenters. The van der Waals surface area contributed by atoms with Crippen LogP contribution in [0.3, 0.4) is 0 Å². The van der Waals surface area contributed by atoms with E-state index >= 15 is 0 Å². The summed E-state index contributed by atoms with van der Waals surface area (Å²) in [5.74, 6) is 0. The van der Waals surface area contributed by atoms with Gasteiger partial charge >= 0.3 is 0 Å². The maximum absolute atomic E-state index is 6.25. The Labute approximate surface area is 127 Å². The molecular formula is C18H19ClSi. The number of hydrogen-bond donors (Lipinski definition) is 0. The van der Waals surface area contributed by atoms with Gasteiger partial charge in [0.25, 0.3) is 0 Å². The number of rotatable bonds is 2. The van der Waals surface area contributed by atoms with E-state index in [1.807, 2.05) is 6.07 Å². The third-order valence-electron chi connectivity index (χ3n) is 4.47. The molecule has 1 heterocycles. The van der Waals surface area contributed by atoms with Crippen LogP contribution in [0.5, 0.6) is 0 Å². The molecule has 3 rings (SSSR count). The molecule has 1 fully saturated rings. The van der Waals surface area contributed by atoms with Gasteiger partial charge in [-0.2, -0.15) is 0 Å². The molecule has 0 bridgehead atoms. The molecule has 1 aliphatic rings. The van der Waals surface area contributed by atoms with Crippen LogP contribution < -0.4 is 10.4 Å². The smallest absolute Gasteiger partial charge is 0.103 e. The second-order valence-corrected chi connectivity index (χ2v) is 10.2. The summed E-state index contributed by atoms with van der Waals surface area (Å²) in [6.07, 6.45) is 3.74. The van der Waals surface area contributed by atoms with Gasteiger partial charge in [0, 0.05) is 5.02 Å². The average molecular weight is 299 g/mol. The van der Waals surface area contributed by atoms with Gasteiger partial charge in [-0.25, -0.2) is 0 Å². The molecule has 0 N–H and O–H groups in total. The number of allylic oxidation sites excluding steroid dienone is 1. The highest BCUT2D eigenvalue weighted by Crippen LogP contribution is 2.31. The van der Waals surface area contributed by atoms with Crippen molar-refractivity contribution in [2.75, 3.05) is 0 Å². The molecule has 2 aromatic rings. The van der Waals surface area contributed by atoms with E-state index < -0.39 is 8.07 Å². The van der Waals surface area contributed by atoms with E-state index in [1.54, 1.807) is 0 Å². The summed E-state index contributed by atoms with van der Waals surface area (Å²) < 4.78 is 0. The maximum atomic E-state index is 6.25. The predicted octanol–water partition coefficient (Wildman–Crippen LogP) is 4.18. The Bertz CT molecular complexity index is 620. The highest BCUT2D eigenvalue weighted by atomic mass is 35.5. The van der Waals surface area contributed by atoms with Gasteiger partial charge in [-0.3, -0.25) is 0 Å². The first-order valence-electron chi connectivity index (χ1n) is 7.23. The summed E-state index contributed by atoms with van der Waals surface area (Å²) >= 11 is 6.25. The SMILES string of the molecule is C=C1CCCC[Si]1(c1ccccc1)c1cccc(Cl)c1. The van der Waals surface area contributed by atoms with Crippen molar-refractivity contribution in [2.45, 2.75) is 25.3 Å². The van der Waals surface area contributed by atoms with Crippen LogP contribution in [-0.2, 0) is 0 Å². The molecule has 1 saturated heterocycles. The van der Waals surface area contributed by atoms with Gasteiger partial charge in [0.2, 0.25) is 0 Å². The standard InChI is InChI=1S/C18H19ClSi/c1-15-8-5-6-13-20(15,17-10-3-2-4-11-17)18-12-7-9-16(19)14-18/h2-4,7,9-12,14H,1,5-6,8,13H2. The third-order valence-corrected chi connectivity index (χ3v) is 9.88. The van der Waals surface area contributed by atoms with Crippen molar-refractivity contribution >= 4 is 30.0 Å². The Balaban J connectivity index is 2.20. The molecule has 0 amide bonds. The normalized spacial score (nSPS) is 22.8. The van der Waals surface area contributed by atoms with Gasteiger partial charge < -0.3 is 0 Å². The highest BCUT2D eigenvalue weighted by molar-refractivity contribution is 7.07. The number of benzene rings is 2. The Kier molecular flexibility index (Phi) is 3.82. The lowest BCUT2D eigenvalue weighted by atomic mass is 10.2. The Hall–Kier alpha value is -1.31. The summed E-state index contributed by atoms with van der Waals surface area (Å²) in [4.78, 5) is 0. The molecule has 0 saturated carbocycles. The molecule has 20 heavy (non-hydrogen) atoms. The van der Waals surface area contributed by atoms with Crippen LogP contribution in [0.1, 0.15) is 19.3 Å². The Morgan fingerprint density at radius 2 is 1.65 bits per heavy atom. The van der Waals surface area contributed by atoms with E-state index in [2.05, 4.69) is 55.1 Å². The molecular weight excluding hydrogens is 280 g/mol. The Morgan fingerprint density at radius 1 is 0.900 bits per heavy atom. The van der Waals surface area contributed by atoms with E-state index in [0.717, 1.165) is 11.4 Å². The largest absolute Gasteiger partial charge is 0.143 e. The molecule has 0 nitrogen and oxygen atoms in total. The van der Waals surface area contributed by atoms with E-state index in [0.29, 0.717) is 0 Å². The molecule has 0 aromatic heterocycles. The highest BCUT2D eigenvalue weighted by Gasteiger charge is 2.41. The van der Waals surface area contributed by atoms with Crippen molar-refractivity contribution in [1.82, 2.24) is 0 Å². The lowest BCUT2D eigenvalue weighted by Gasteiger charge is -2.38. The zero-order valence-corrected chi connectivity index (χ0v) is 13.4. The van der Waals surface area contributed by atoms with E-state index in [4.69, 9.17) is 11.6 Å². The van der Waals surface area contributed by atoms with Gasteiger partial charge in [-0.05, 0) is 35.0 Å². The van der Waals surface area contributed by atoms with Gasteiger partial charge in [0.05, 0.1) is 0 Å². The fourth-order valence-corrected chi connectivity index (χ4v) is 8.75. The summed E-state index contributed by atoms with van der Waals surface area (Å²) in [5, 5.41) is 5.19. The number of halogens is 1. The maximum Gasteiger partial charge on any atom is 0.143 e. The van der Waals surface area contributed by atoms with Crippen LogP contribution in [-0.4, -0.2) is 8.07 Å². The lowest BCUT2D eigenvalue weighted by molar-refractivity contribution is 0.768. The zero-order chi connectivity index (χ0) is 14.0. The first kappa shape index (κ1) is 13.7. The van der Waals surface area contributed by atoms with E-state index in [9.17, 15) is 0 Å². The molecule has 1 unspecified atom stereocenters. The van der Waals surface area contributed by atoms with Crippen molar-refractivity contribution < 1.29 is 0 Å². The topological polar surface area (TPSA) is 0 Å². The van der Waals surface area contributed by atoms with E-state index in [1.165, 1.54) is 34.5 Å². The van der Waals surface area contributed by atoms with Crippen LogP contribution in [0.15, 0.2) is 66.4 Å². The zero-order valence-electron chi connectivity index (χ0n) is 11.6. The lowest BCUT2D eigenvalue weighted by Crippen LogP contribution is -2.60. The van der Waals surface area contributed by atoms with Crippen molar-refractivity contribution in [3.8, 4) is 0 Å². The third kappa shape index (κ3) is 2.25. The van der Waals surface area contributed by atoms with Crippen LogP contribution in [0.25, 0.3) is 0 Å². The molecule has 1 aliphatic heterocycles. The van der Waals surface area contributed by atoms with Crippen molar-refractivity contribution in [3.63, 3.8) is 0 Å². The minimum Gasteiger partial charge on any atom is -0.103 e. The summed E-state index contributed by atoms with van der Waals surface area (Å²) in [6.45, 7) is 4.47. The Morgan fingerprint density at radius 3 is 2.35 bits per heavy atom. The monoisotopic (exact) mass is 298 g/mol. The second-order valence-electron chi connectivity index (χ2n) is 5.59. The van der Waals surface area contributed by atoms with Crippen LogP contribution >= 0.6 is 11.6 Å². The van der Waals surface area contributed by atoms with Crippen molar-refractivity contribution in [1.29, 1.82) is 0 Å². The van der Waals surface area contributed by atoms with Crippen LogP contribution in [0.2, 0.25) is 11.1 Å². The van der Waals surface area contributed by atoms with Gasteiger partial charge in [-0.15, -0.1) is 6.58 Å². The fourth-order valence-electron chi connectivity index (χ4n) is 3.46. The molecule has 0 radical (unpaired) electrons. The predicted molar refractivity (Wildman–Crippen MR) is 90.7 cm³/mol. The van der Waals surface area contributed by atoms with Crippen molar-refractivity contribution in [3.05, 3.63) is 71.4 Å². The van der Waals surface area contributed by atoms with Crippen LogP contribution in [0, 0.1) is 0 Å². The fraction of sp³-hybridized carbons (Fsp3) is 0.222. The molecule has 2 heteroatoms. The summed E-state index contributed by atoms with van der Waals surface area (Å²) in [6, 6.07) is 20.7. The molecule has 0 aliphatic carbocycles. The molecule has 0 spiro atoms. The van der Waals surface area contributed by atoms with Gasteiger partial charge in [0.15, 0.2) is 0 Å². The minimum absolute atomic E-state index is 0.837. The van der Waals surface area contributed by atoms with Crippen molar-refractivity contribution in [2.24, 2.45) is 0 Å².